The fraction of sp³-hybridized carbons (Fsp3) is 0.333. The van der Waals surface area contributed by atoms with E-state index in [-0.39, 0.29) is 6.03 Å². The van der Waals surface area contributed by atoms with E-state index in [9.17, 15) is 4.79 Å². The molecule has 1 aromatic carbocycles. The Bertz CT molecular complexity index is 630. The van der Waals surface area contributed by atoms with Crippen LogP contribution in [0.1, 0.15) is 0 Å². The zero-order valence-corrected chi connectivity index (χ0v) is 14.4. The highest BCUT2D eigenvalue weighted by Gasteiger charge is 2.20. The van der Waals surface area contributed by atoms with Crippen molar-refractivity contribution in [2.75, 3.05) is 43.4 Å². The minimum absolute atomic E-state index is 0.0399. The van der Waals surface area contributed by atoms with Gasteiger partial charge in [-0.3, -0.25) is 4.98 Å². The van der Waals surface area contributed by atoms with E-state index in [0.717, 1.165) is 31.9 Å². The summed E-state index contributed by atoms with van der Waals surface area (Å²) in [7, 11) is 0. The Balaban J connectivity index is 1.36. The minimum Gasteiger partial charge on any atom is -0.368 e. The molecule has 0 unspecified atom stereocenters. The van der Waals surface area contributed by atoms with Crippen molar-refractivity contribution < 1.29 is 4.79 Å². The summed E-state index contributed by atoms with van der Waals surface area (Å²) in [4.78, 5) is 21.7. The largest absolute Gasteiger partial charge is 0.368 e. The zero-order valence-electron chi connectivity index (χ0n) is 13.6. The van der Waals surface area contributed by atoms with Gasteiger partial charge in [0, 0.05) is 61.5 Å². The number of anilines is 1. The van der Waals surface area contributed by atoms with E-state index in [1.165, 1.54) is 10.6 Å². The predicted octanol–water partition coefficient (Wildman–Crippen LogP) is 2.71. The van der Waals surface area contributed by atoms with Crippen LogP contribution in [0.25, 0.3) is 0 Å². The number of thioether (sulfide) groups is 1. The number of rotatable bonds is 5. The number of piperazine rings is 1. The molecule has 1 N–H and O–H groups in total. The minimum atomic E-state index is 0.0399. The lowest BCUT2D eigenvalue weighted by atomic mass is 10.3. The standard InChI is InChI=1S/C18H22N4OS/c23-18(20-10-15-24-17-4-2-1-3-5-17)22-13-11-21(12-14-22)16-6-8-19-9-7-16/h1-9H,10-15H2,(H,20,23). The van der Waals surface area contributed by atoms with Crippen molar-refractivity contribution in [3.63, 3.8) is 0 Å². The van der Waals surface area contributed by atoms with Crippen molar-refractivity contribution in [3.05, 3.63) is 54.9 Å². The summed E-state index contributed by atoms with van der Waals surface area (Å²) in [5, 5.41) is 3.01. The Kier molecular flexibility index (Phi) is 5.96. The number of hydrogen-bond acceptors (Lipinski definition) is 4. The van der Waals surface area contributed by atoms with Gasteiger partial charge in [-0.25, -0.2) is 4.79 Å². The normalized spacial score (nSPS) is 14.5. The number of nitrogens with zero attached hydrogens (tertiary/aromatic N) is 3. The molecule has 1 saturated heterocycles. The molecular weight excluding hydrogens is 320 g/mol. The summed E-state index contributed by atoms with van der Waals surface area (Å²) in [6, 6.07) is 14.3. The van der Waals surface area contributed by atoms with E-state index >= 15 is 0 Å². The predicted molar refractivity (Wildman–Crippen MR) is 98.6 cm³/mol. The smallest absolute Gasteiger partial charge is 0.317 e. The van der Waals surface area contributed by atoms with E-state index < -0.39 is 0 Å². The lowest BCUT2D eigenvalue weighted by Gasteiger charge is -2.36. The van der Waals surface area contributed by atoms with Crippen LogP contribution in [0.15, 0.2) is 59.8 Å². The van der Waals surface area contributed by atoms with Crippen molar-refractivity contribution >= 4 is 23.5 Å². The van der Waals surface area contributed by atoms with Crippen molar-refractivity contribution in [1.29, 1.82) is 0 Å². The first-order chi connectivity index (χ1) is 11.8. The molecule has 0 radical (unpaired) electrons. The Morgan fingerprint density at radius 2 is 1.75 bits per heavy atom. The third-order valence-electron chi connectivity index (χ3n) is 3.98. The van der Waals surface area contributed by atoms with Gasteiger partial charge in [0.15, 0.2) is 0 Å². The molecule has 2 heterocycles. The van der Waals surface area contributed by atoms with Crippen LogP contribution in [0.3, 0.4) is 0 Å². The van der Waals surface area contributed by atoms with Gasteiger partial charge in [0.1, 0.15) is 0 Å². The topological polar surface area (TPSA) is 48.5 Å². The van der Waals surface area contributed by atoms with Gasteiger partial charge in [0.2, 0.25) is 0 Å². The molecule has 1 aliphatic rings. The van der Waals surface area contributed by atoms with E-state index in [4.69, 9.17) is 0 Å². The number of carbonyl (C=O) groups is 1. The molecule has 0 saturated carbocycles. The number of benzene rings is 1. The second-order valence-electron chi connectivity index (χ2n) is 5.57. The van der Waals surface area contributed by atoms with Crippen LogP contribution in [0.4, 0.5) is 10.5 Å². The maximum Gasteiger partial charge on any atom is 0.317 e. The Hall–Kier alpha value is -2.21. The van der Waals surface area contributed by atoms with Crippen LogP contribution in [0.2, 0.25) is 0 Å². The van der Waals surface area contributed by atoms with Crippen molar-refractivity contribution in [3.8, 4) is 0 Å². The molecular formula is C18H22N4OS. The summed E-state index contributed by atoms with van der Waals surface area (Å²) in [6.45, 7) is 3.90. The van der Waals surface area contributed by atoms with Crippen LogP contribution >= 0.6 is 11.8 Å². The quantitative estimate of drug-likeness (QED) is 0.670. The van der Waals surface area contributed by atoms with E-state index in [0.29, 0.717) is 6.54 Å². The first kappa shape index (κ1) is 16.6. The van der Waals surface area contributed by atoms with Gasteiger partial charge < -0.3 is 15.1 Å². The molecule has 6 heteroatoms. The number of carbonyl (C=O) groups excluding carboxylic acids is 1. The van der Waals surface area contributed by atoms with Crippen molar-refractivity contribution in [2.24, 2.45) is 0 Å². The fourth-order valence-corrected chi connectivity index (χ4v) is 3.47. The lowest BCUT2D eigenvalue weighted by molar-refractivity contribution is 0.195. The number of nitrogens with one attached hydrogen (secondary N) is 1. The van der Waals surface area contributed by atoms with Crippen molar-refractivity contribution in [1.82, 2.24) is 15.2 Å². The molecule has 1 aliphatic heterocycles. The highest BCUT2D eigenvalue weighted by Crippen LogP contribution is 2.16. The van der Waals surface area contributed by atoms with Gasteiger partial charge in [0.25, 0.3) is 0 Å². The van der Waals surface area contributed by atoms with Crippen LogP contribution in [0, 0.1) is 0 Å². The van der Waals surface area contributed by atoms with Gasteiger partial charge in [0.05, 0.1) is 0 Å². The molecule has 24 heavy (non-hydrogen) atoms. The van der Waals surface area contributed by atoms with Gasteiger partial charge in [-0.2, -0.15) is 0 Å². The summed E-state index contributed by atoms with van der Waals surface area (Å²) in [6.07, 6.45) is 3.61. The highest BCUT2D eigenvalue weighted by molar-refractivity contribution is 7.99. The van der Waals surface area contributed by atoms with Crippen LogP contribution < -0.4 is 10.2 Å². The maximum absolute atomic E-state index is 12.2. The molecule has 0 bridgehead atoms. The third kappa shape index (κ3) is 4.64. The molecule has 1 aromatic heterocycles. The van der Waals surface area contributed by atoms with Crippen LogP contribution in [0.5, 0.6) is 0 Å². The average molecular weight is 342 g/mol. The number of amides is 2. The first-order valence-electron chi connectivity index (χ1n) is 8.18. The molecule has 2 amide bonds. The molecule has 3 rings (SSSR count). The summed E-state index contributed by atoms with van der Waals surface area (Å²) < 4.78 is 0. The number of aromatic nitrogens is 1. The first-order valence-corrected chi connectivity index (χ1v) is 9.17. The fourth-order valence-electron chi connectivity index (χ4n) is 2.68. The number of hydrogen-bond donors (Lipinski definition) is 1. The Labute approximate surface area is 147 Å². The van der Waals surface area contributed by atoms with E-state index in [1.807, 2.05) is 35.2 Å². The second kappa shape index (κ2) is 8.59. The van der Waals surface area contributed by atoms with Gasteiger partial charge in [-0.1, -0.05) is 18.2 Å². The molecule has 5 nitrogen and oxygen atoms in total. The molecule has 0 spiro atoms. The molecule has 0 aliphatic carbocycles. The Morgan fingerprint density at radius 1 is 1.04 bits per heavy atom. The van der Waals surface area contributed by atoms with Crippen LogP contribution in [-0.2, 0) is 0 Å². The SMILES string of the molecule is O=C(NCCSc1ccccc1)N1CCN(c2ccncc2)CC1. The molecule has 1 fully saturated rings. The monoisotopic (exact) mass is 342 g/mol. The van der Waals surface area contributed by atoms with E-state index in [1.54, 1.807) is 24.2 Å². The van der Waals surface area contributed by atoms with Crippen LogP contribution in [-0.4, -0.2) is 54.4 Å². The average Bonchev–Trinajstić information content (AvgIpc) is 2.67. The molecule has 0 atom stereocenters. The van der Waals surface area contributed by atoms with E-state index in [2.05, 4.69) is 27.3 Å². The summed E-state index contributed by atoms with van der Waals surface area (Å²) >= 11 is 1.76. The molecule has 2 aromatic rings. The van der Waals surface area contributed by atoms with Gasteiger partial charge in [-0.15, -0.1) is 11.8 Å². The summed E-state index contributed by atoms with van der Waals surface area (Å²) in [5.74, 6) is 0.882. The highest BCUT2D eigenvalue weighted by atomic mass is 32.2. The third-order valence-corrected chi connectivity index (χ3v) is 5.00. The number of urea groups is 1. The number of pyridine rings is 1. The lowest BCUT2D eigenvalue weighted by Crippen LogP contribution is -2.52. The summed E-state index contributed by atoms with van der Waals surface area (Å²) in [5.41, 5.74) is 1.17. The molecule has 126 valence electrons. The van der Waals surface area contributed by atoms with Crippen molar-refractivity contribution in [2.45, 2.75) is 4.90 Å². The van der Waals surface area contributed by atoms with Gasteiger partial charge >= 0.3 is 6.03 Å². The second-order valence-corrected chi connectivity index (χ2v) is 6.74. The van der Waals surface area contributed by atoms with Gasteiger partial charge in [-0.05, 0) is 24.3 Å². The zero-order chi connectivity index (χ0) is 16.6. The Morgan fingerprint density at radius 3 is 2.46 bits per heavy atom. The maximum atomic E-state index is 12.2.